The zero-order valence-corrected chi connectivity index (χ0v) is 8.77. The number of aromatic nitrogens is 1. The van der Waals surface area contributed by atoms with Crippen molar-refractivity contribution in [3.63, 3.8) is 0 Å². The summed E-state index contributed by atoms with van der Waals surface area (Å²) in [5.74, 6) is 0.0215. The summed E-state index contributed by atoms with van der Waals surface area (Å²) >= 11 is 6.13. The number of rotatable bonds is 2. The molecule has 0 N–H and O–H groups in total. The summed E-state index contributed by atoms with van der Waals surface area (Å²) < 4.78 is 28.6. The van der Waals surface area contributed by atoms with Crippen molar-refractivity contribution in [1.82, 2.24) is 4.98 Å². The summed E-state index contributed by atoms with van der Waals surface area (Å²) in [6.45, 7) is -2.83. The van der Waals surface area contributed by atoms with Gasteiger partial charge in [-0.1, -0.05) is 0 Å². The third-order valence-electron chi connectivity index (χ3n) is 1.00. The van der Waals surface area contributed by atoms with Gasteiger partial charge in [-0.2, -0.15) is 8.78 Å². The van der Waals surface area contributed by atoms with Crippen LogP contribution in [-0.4, -0.2) is 11.6 Å². The van der Waals surface area contributed by atoms with E-state index in [4.69, 9.17) is 0 Å². The van der Waals surface area contributed by atoms with Crippen molar-refractivity contribution in [2.45, 2.75) is 6.61 Å². The van der Waals surface area contributed by atoms with E-state index in [1.807, 2.05) is 0 Å². The lowest BCUT2D eigenvalue weighted by molar-refractivity contribution is -0.0506. The van der Waals surface area contributed by atoms with Crippen LogP contribution in [0.15, 0.2) is 21.3 Å². The Morgan fingerprint density at radius 2 is 2.08 bits per heavy atom. The third kappa shape index (κ3) is 2.67. The molecule has 0 aromatic carbocycles. The molecule has 2 nitrogen and oxygen atoms in total. The molecule has 1 aromatic heterocycles. The van der Waals surface area contributed by atoms with Gasteiger partial charge < -0.3 is 4.74 Å². The highest BCUT2D eigenvalue weighted by Gasteiger charge is 2.08. The first kappa shape index (κ1) is 9.85. The van der Waals surface area contributed by atoms with E-state index < -0.39 is 6.61 Å². The van der Waals surface area contributed by atoms with Crippen molar-refractivity contribution < 1.29 is 13.5 Å². The van der Waals surface area contributed by atoms with Crippen LogP contribution in [0.2, 0.25) is 0 Å². The first-order chi connectivity index (χ1) is 5.59. The molecular weight excluding hydrogens is 300 g/mol. The van der Waals surface area contributed by atoms with Crippen LogP contribution in [0.3, 0.4) is 0 Å². The minimum absolute atomic E-state index is 0.0215. The molecule has 0 aliphatic heterocycles. The van der Waals surface area contributed by atoms with Crippen molar-refractivity contribution >= 4 is 31.9 Å². The maximum atomic E-state index is 11.7. The highest BCUT2D eigenvalue weighted by molar-refractivity contribution is 9.11. The van der Waals surface area contributed by atoms with E-state index in [0.717, 1.165) is 0 Å². The van der Waals surface area contributed by atoms with Crippen LogP contribution >= 0.6 is 31.9 Å². The summed E-state index contributed by atoms with van der Waals surface area (Å²) in [5, 5.41) is 0. The van der Waals surface area contributed by atoms with Crippen molar-refractivity contribution in [3.8, 4) is 5.75 Å². The van der Waals surface area contributed by atoms with E-state index in [-0.39, 0.29) is 5.75 Å². The number of alkyl halides is 2. The Hall–Kier alpha value is -0.230. The first-order valence-electron chi connectivity index (χ1n) is 2.85. The van der Waals surface area contributed by atoms with E-state index in [2.05, 4.69) is 41.6 Å². The molecule has 0 fully saturated rings. The fraction of sp³-hybridized carbons (Fsp3) is 0.167. The van der Waals surface area contributed by atoms with Crippen molar-refractivity contribution in [1.29, 1.82) is 0 Å². The first-order valence-corrected chi connectivity index (χ1v) is 4.44. The Bertz CT molecular complexity index is 282. The molecule has 1 aromatic rings. The molecule has 66 valence electrons. The topological polar surface area (TPSA) is 22.1 Å². The lowest BCUT2D eigenvalue weighted by atomic mass is 10.5. The molecule has 6 heteroatoms. The summed E-state index contributed by atoms with van der Waals surface area (Å²) in [4.78, 5) is 3.72. The normalized spacial score (nSPS) is 10.4. The lowest BCUT2D eigenvalue weighted by Crippen LogP contribution is -2.02. The Kier molecular flexibility index (Phi) is 3.39. The minimum atomic E-state index is -2.83. The molecule has 0 atom stereocenters. The summed E-state index contributed by atoms with van der Waals surface area (Å²) in [7, 11) is 0. The summed E-state index contributed by atoms with van der Waals surface area (Å²) in [6.07, 6.45) is 1.21. The number of ether oxygens (including phenoxy) is 1. The van der Waals surface area contributed by atoms with Gasteiger partial charge in [0, 0.05) is 0 Å². The van der Waals surface area contributed by atoms with Crippen LogP contribution in [0.4, 0.5) is 8.78 Å². The van der Waals surface area contributed by atoms with Crippen molar-refractivity contribution in [2.75, 3.05) is 0 Å². The van der Waals surface area contributed by atoms with Gasteiger partial charge in [0.25, 0.3) is 0 Å². The lowest BCUT2D eigenvalue weighted by Gasteiger charge is -2.05. The van der Waals surface area contributed by atoms with Crippen LogP contribution in [0, 0.1) is 0 Å². The standard InChI is InChI=1S/C6H3Br2F2NO/c7-3-1-5(8)11-2-4(3)12-6(9)10/h1-2,6H. The molecular formula is C6H3Br2F2NO. The smallest absolute Gasteiger partial charge is 0.387 e. The second-order valence-electron chi connectivity index (χ2n) is 1.82. The number of nitrogens with zero attached hydrogens (tertiary/aromatic N) is 1. The van der Waals surface area contributed by atoms with Gasteiger partial charge in [-0.3, -0.25) is 0 Å². The molecule has 0 aliphatic carbocycles. The van der Waals surface area contributed by atoms with E-state index in [0.29, 0.717) is 9.08 Å². The van der Waals surface area contributed by atoms with Crippen LogP contribution < -0.4 is 4.74 Å². The van der Waals surface area contributed by atoms with E-state index in [9.17, 15) is 8.78 Å². The molecule has 12 heavy (non-hydrogen) atoms. The van der Waals surface area contributed by atoms with Gasteiger partial charge in [-0.15, -0.1) is 0 Å². The summed E-state index contributed by atoms with van der Waals surface area (Å²) in [6, 6.07) is 1.53. The molecule has 1 rings (SSSR count). The maximum absolute atomic E-state index is 11.7. The van der Waals surface area contributed by atoms with E-state index in [1.165, 1.54) is 12.3 Å². The fourth-order valence-corrected chi connectivity index (χ4v) is 1.63. The van der Waals surface area contributed by atoms with Crippen LogP contribution in [0.5, 0.6) is 5.75 Å². The number of hydrogen-bond acceptors (Lipinski definition) is 2. The van der Waals surface area contributed by atoms with Gasteiger partial charge in [-0.25, -0.2) is 4.98 Å². The second-order valence-corrected chi connectivity index (χ2v) is 3.48. The number of pyridine rings is 1. The zero-order valence-electron chi connectivity index (χ0n) is 5.60. The van der Waals surface area contributed by atoms with Gasteiger partial charge in [0.15, 0.2) is 5.75 Å². The Morgan fingerprint density at radius 3 is 2.58 bits per heavy atom. The SMILES string of the molecule is FC(F)Oc1cnc(Br)cc1Br. The average Bonchev–Trinajstić information content (AvgIpc) is 1.94. The Labute approximate surface area is 84.2 Å². The van der Waals surface area contributed by atoms with Gasteiger partial charge in [0.2, 0.25) is 0 Å². The van der Waals surface area contributed by atoms with Crippen molar-refractivity contribution in [3.05, 3.63) is 21.3 Å². The number of hydrogen-bond donors (Lipinski definition) is 0. The summed E-state index contributed by atoms with van der Waals surface area (Å²) in [5.41, 5.74) is 0. The van der Waals surface area contributed by atoms with Gasteiger partial charge in [0.1, 0.15) is 4.60 Å². The predicted octanol–water partition coefficient (Wildman–Crippen LogP) is 3.21. The third-order valence-corrected chi connectivity index (χ3v) is 2.06. The van der Waals surface area contributed by atoms with Gasteiger partial charge in [-0.05, 0) is 37.9 Å². The molecule has 0 bridgehead atoms. The minimum Gasteiger partial charge on any atom is -0.432 e. The molecule has 0 spiro atoms. The van der Waals surface area contributed by atoms with E-state index in [1.54, 1.807) is 0 Å². The molecule has 0 amide bonds. The molecule has 0 unspecified atom stereocenters. The van der Waals surface area contributed by atoms with Crippen LogP contribution in [-0.2, 0) is 0 Å². The van der Waals surface area contributed by atoms with Crippen molar-refractivity contribution in [2.24, 2.45) is 0 Å². The quantitative estimate of drug-likeness (QED) is 0.783. The highest BCUT2D eigenvalue weighted by atomic mass is 79.9. The van der Waals surface area contributed by atoms with Gasteiger partial charge >= 0.3 is 6.61 Å². The van der Waals surface area contributed by atoms with Gasteiger partial charge in [0.05, 0.1) is 10.7 Å². The molecule has 1 heterocycles. The molecule has 0 radical (unpaired) electrons. The van der Waals surface area contributed by atoms with Crippen LogP contribution in [0.25, 0.3) is 0 Å². The highest BCUT2D eigenvalue weighted by Crippen LogP contribution is 2.27. The fourth-order valence-electron chi connectivity index (χ4n) is 0.578. The number of halogens is 4. The predicted molar refractivity (Wildman–Crippen MR) is 46.3 cm³/mol. The molecule has 0 saturated heterocycles. The maximum Gasteiger partial charge on any atom is 0.387 e. The monoisotopic (exact) mass is 301 g/mol. The molecule has 0 saturated carbocycles. The van der Waals surface area contributed by atoms with Crippen LogP contribution in [0.1, 0.15) is 0 Å². The Morgan fingerprint density at radius 1 is 1.42 bits per heavy atom. The molecule has 0 aliphatic rings. The second kappa shape index (κ2) is 4.13. The Balaban J connectivity index is 2.86. The van der Waals surface area contributed by atoms with E-state index >= 15 is 0 Å². The largest absolute Gasteiger partial charge is 0.432 e. The average molecular weight is 303 g/mol. The zero-order chi connectivity index (χ0) is 9.14.